The highest BCUT2D eigenvalue weighted by molar-refractivity contribution is 7.85. The van der Waals surface area contributed by atoms with E-state index in [0.717, 1.165) is 11.1 Å². The van der Waals surface area contributed by atoms with Gasteiger partial charge in [-0.05, 0) is 44.5 Å². The lowest BCUT2D eigenvalue weighted by Gasteiger charge is -2.05. The van der Waals surface area contributed by atoms with Gasteiger partial charge in [-0.25, -0.2) is 13.2 Å². The van der Waals surface area contributed by atoms with Crippen LogP contribution in [0.4, 0.5) is 0 Å². The minimum atomic E-state index is -4.27. The second-order valence-corrected chi connectivity index (χ2v) is 8.13. The molecule has 0 amide bonds. The molecule has 2 aromatic rings. The minimum absolute atomic E-state index is 0.178. The first kappa shape index (κ1) is 25.8. The van der Waals surface area contributed by atoms with Crippen LogP contribution in [0.1, 0.15) is 41.3 Å². The number of quaternary nitrogens is 1. The van der Waals surface area contributed by atoms with E-state index in [1.54, 1.807) is 41.3 Å². The Balaban J connectivity index is 0.000000402. The van der Waals surface area contributed by atoms with Crippen molar-refractivity contribution >= 4 is 16.1 Å². The summed E-state index contributed by atoms with van der Waals surface area (Å²) in [6.45, 7) is 7.28. The highest BCUT2D eigenvalue weighted by atomic mass is 32.2. The fourth-order valence-corrected chi connectivity index (χ4v) is 2.40. The van der Waals surface area contributed by atoms with Gasteiger partial charge in [-0.15, -0.1) is 0 Å². The van der Waals surface area contributed by atoms with E-state index < -0.39 is 16.1 Å². The van der Waals surface area contributed by atoms with Gasteiger partial charge >= 0.3 is 5.97 Å². The Morgan fingerprint density at radius 3 is 1.68 bits per heavy atom. The highest BCUT2D eigenvalue weighted by Crippen LogP contribution is 2.08. The van der Waals surface area contributed by atoms with Crippen LogP contribution >= 0.6 is 0 Å². The summed E-state index contributed by atoms with van der Waals surface area (Å²) in [5.41, 5.74) is 2.34. The van der Waals surface area contributed by atoms with Crippen LogP contribution in [-0.4, -0.2) is 44.7 Å². The lowest BCUT2D eigenvalue weighted by Crippen LogP contribution is -3.05. The van der Waals surface area contributed by atoms with Crippen molar-refractivity contribution in [2.75, 3.05) is 20.6 Å². The monoisotopic (exact) mass is 409 g/mol. The molecule has 0 saturated carbocycles. The van der Waals surface area contributed by atoms with Crippen LogP contribution in [0, 0.1) is 13.8 Å². The average molecular weight is 410 g/mol. The van der Waals surface area contributed by atoms with E-state index >= 15 is 0 Å². The number of carbonyl (C=O) groups is 1. The van der Waals surface area contributed by atoms with E-state index in [4.69, 9.17) is 5.11 Å². The van der Waals surface area contributed by atoms with E-state index in [2.05, 4.69) is 21.0 Å². The van der Waals surface area contributed by atoms with Gasteiger partial charge in [0.15, 0.2) is 0 Å². The quantitative estimate of drug-likeness (QED) is 0.740. The van der Waals surface area contributed by atoms with Crippen LogP contribution in [0.25, 0.3) is 0 Å². The summed E-state index contributed by atoms with van der Waals surface area (Å²) in [6.07, 6.45) is 2.69. The third-order valence-electron chi connectivity index (χ3n) is 3.64. The zero-order valence-electron chi connectivity index (χ0n) is 17.2. The molecule has 28 heavy (non-hydrogen) atoms. The predicted molar refractivity (Wildman–Crippen MR) is 110 cm³/mol. The van der Waals surface area contributed by atoms with Crippen LogP contribution < -0.4 is 4.90 Å². The number of nitrogens with one attached hydrogen (secondary N) is 1. The zero-order valence-corrected chi connectivity index (χ0v) is 18.0. The van der Waals surface area contributed by atoms with Crippen LogP contribution in [0.15, 0.2) is 53.4 Å². The molecule has 2 aromatic carbocycles. The number of carboxylic acids is 1. The molecule has 0 unspecified atom stereocenters. The lowest BCUT2D eigenvalue weighted by molar-refractivity contribution is -0.858. The van der Waals surface area contributed by atoms with Gasteiger partial charge in [0, 0.05) is 0 Å². The molecular weight excluding hydrogens is 378 g/mol. The number of benzene rings is 2. The molecule has 7 heteroatoms. The van der Waals surface area contributed by atoms with Gasteiger partial charge in [0.05, 0.1) is 31.1 Å². The topological polar surface area (TPSA) is 98.9 Å². The van der Waals surface area contributed by atoms with Crippen LogP contribution in [0.5, 0.6) is 0 Å². The molecular formula is C21H31NO5S. The number of unbranched alkanes of at least 4 members (excludes halogenated alkanes) is 1. The smallest absolute Gasteiger partial charge is 0.335 e. The normalized spacial score (nSPS) is 10.4. The van der Waals surface area contributed by atoms with Crippen molar-refractivity contribution in [3.8, 4) is 0 Å². The summed E-state index contributed by atoms with van der Waals surface area (Å²) in [7, 11) is 0.111. The fourth-order valence-electron chi connectivity index (χ4n) is 1.93. The second-order valence-electron chi connectivity index (χ2n) is 6.75. The van der Waals surface area contributed by atoms with Gasteiger partial charge in [0.2, 0.25) is 0 Å². The molecule has 0 fully saturated rings. The molecule has 2 N–H and O–H groups in total. The summed E-state index contributed by atoms with van der Waals surface area (Å²) in [5, 5.41) is 8.48. The molecule has 2 rings (SSSR count). The van der Waals surface area contributed by atoms with E-state index in [1.807, 2.05) is 13.8 Å². The SMILES string of the molecule is CCCC[NH+](C)C.Cc1ccc(C(=O)O)cc1.Cc1ccc(S(=O)(=O)[O-])cc1. The zero-order chi connectivity index (χ0) is 21.7. The van der Waals surface area contributed by atoms with Gasteiger partial charge in [-0.2, -0.15) is 0 Å². The molecule has 6 nitrogen and oxygen atoms in total. The molecule has 0 heterocycles. The Hall–Kier alpha value is -2.22. The van der Waals surface area contributed by atoms with Gasteiger partial charge in [0.1, 0.15) is 10.1 Å². The highest BCUT2D eigenvalue weighted by Gasteiger charge is 1.99. The van der Waals surface area contributed by atoms with Crippen molar-refractivity contribution < 1.29 is 27.8 Å². The number of rotatable bonds is 5. The molecule has 0 aliphatic carbocycles. The third kappa shape index (κ3) is 12.2. The largest absolute Gasteiger partial charge is 0.744 e. The molecule has 0 atom stereocenters. The molecule has 0 radical (unpaired) electrons. The molecule has 0 bridgehead atoms. The maximum absolute atomic E-state index is 10.4. The first-order valence-electron chi connectivity index (χ1n) is 9.09. The Bertz CT molecular complexity index is 798. The predicted octanol–water partition coefficient (Wildman–Crippen LogP) is 2.52. The maximum Gasteiger partial charge on any atom is 0.335 e. The summed E-state index contributed by atoms with van der Waals surface area (Å²) < 4.78 is 31.2. The van der Waals surface area contributed by atoms with Crippen molar-refractivity contribution in [2.45, 2.75) is 38.5 Å². The summed E-state index contributed by atoms with van der Waals surface area (Å²) in [5.74, 6) is -0.875. The number of aryl methyl sites for hydroxylation is 2. The fraction of sp³-hybridized carbons (Fsp3) is 0.381. The van der Waals surface area contributed by atoms with Gasteiger partial charge in [-0.1, -0.05) is 48.7 Å². The van der Waals surface area contributed by atoms with Crippen molar-refractivity contribution in [2.24, 2.45) is 0 Å². The van der Waals surface area contributed by atoms with Crippen LogP contribution in [0.2, 0.25) is 0 Å². The molecule has 156 valence electrons. The Kier molecular flexibility index (Phi) is 12.0. The molecule has 0 saturated heterocycles. The Morgan fingerprint density at radius 2 is 1.39 bits per heavy atom. The van der Waals surface area contributed by atoms with E-state index in [0.29, 0.717) is 5.56 Å². The first-order chi connectivity index (χ1) is 13.0. The Labute approximate surface area is 168 Å². The van der Waals surface area contributed by atoms with Crippen molar-refractivity contribution in [3.63, 3.8) is 0 Å². The first-order valence-corrected chi connectivity index (χ1v) is 10.5. The standard InChI is InChI=1S/C8H8O2.C7H8O3S.C6H15N/c1-6-2-4-7(5-3-6)8(9)10;1-6-2-4-7(5-3-6)11(8,9)10;1-4-5-6-7(2)3/h2-5H,1H3,(H,9,10);2-5H,1H3,(H,8,9,10);4-6H2,1-3H3. The number of aromatic carboxylic acids is 1. The van der Waals surface area contributed by atoms with Gasteiger partial charge < -0.3 is 14.6 Å². The minimum Gasteiger partial charge on any atom is -0.744 e. The second kappa shape index (κ2) is 13.0. The lowest BCUT2D eigenvalue weighted by atomic mass is 10.2. The van der Waals surface area contributed by atoms with E-state index in [9.17, 15) is 17.8 Å². The van der Waals surface area contributed by atoms with Crippen molar-refractivity contribution in [1.82, 2.24) is 0 Å². The maximum atomic E-state index is 10.4. The Morgan fingerprint density at radius 1 is 0.964 bits per heavy atom. The summed E-state index contributed by atoms with van der Waals surface area (Å²) in [4.78, 5) is 11.7. The van der Waals surface area contributed by atoms with Crippen molar-refractivity contribution in [1.29, 1.82) is 0 Å². The summed E-state index contributed by atoms with van der Waals surface area (Å²) in [6, 6.07) is 12.5. The molecule has 0 spiro atoms. The number of hydrogen-bond acceptors (Lipinski definition) is 4. The van der Waals surface area contributed by atoms with Crippen LogP contribution in [-0.2, 0) is 10.1 Å². The van der Waals surface area contributed by atoms with Crippen molar-refractivity contribution in [3.05, 3.63) is 65.2 Å². The number of hydrogen-bond donors (Lipinski definition) is 2. The average Bonchev–Trinajstić information content (AvgIpc) is 2.61. The third-order valence-corrected chi connectivity index (χ3v) is 4.49. The molecule has 0 aliphatic rings. The number of carboxylic acid groups (broad SMARTS) is 1. The molecule has 0 aliphatic heterocycles. The van der Waals surface area contributed by atoms with Crippen LogP contribution in [0.3, 0.4) is 0 Å². The van der Waals surface area contributed by atoms with Gasteiger partial charge in [0.25, 0.3) is 0 Å². The molecule has 0 aromatic heterocycles. The van der Waals surface area contributed by atoms with Gasteiger partial charge in [-0.3, -0.25) is 0 Å². The summed E-state index contributed by atoms with van der Waals surface area (Å²) >= 11 is 0. The van der Waals surface area contributed by atoms with E-state index in [-0.39, 0.29) is 4.90 Å². The van der Waals surface area contributed by atoms with E-state index in [1.165, 1.54) is 31.5 Å².